The standard InChI is InChI=1S/C17H28BrNO/c1-6-16(7-2)19(10-12(3)4)11-14-9-15(18)8-13(5)17(14)20/h8-9,12,16,20H,6-7,10-11H2,1-5H3. The van der Waals surface area contributed by atoms with E-state index < -0.39 is 0 Å². The molecular weight excluding hydrogens is 314 g/mol. The van der Waals surface area contributed by atoms with Crippen LogP contribution in [0.3, 0.4) is 0 Å². The third-order valence-corrected chi connectivity index (χ3v) is 4.23. The molecule has 0 unspecified atom stereocenters. The van der Waals surface area contributed by atoms with Crippen LogP contribution in [-0.4, -0.2) is 22.6 Å². The van der Waals surface area contributed by atoms with Crippen molar-refractivity contribution in [3.63, 3.8) is 0 Å². The third kappa shape index (κ3) is 4.78. The summed E-state index contributed by atoms with van der Waals surface area (Å²) in [5.74, 6) is 1.07. The summed E-state index contributed by atoms with van der Waals surface area (Å²) >= 11 is 3.53. The molecule has 1 aromatic rings. The molecule has 0 radical (unpaired) electrons. The summed E-state index contributed by atoms with van der Waals surface area (Å²) in [6.45, 7) is 12.8. The highest BCUT2D eigenvalue weighted by Gasteiger charge is 2.18. The van der Waals surface area contributed by atoms with Crippen LogP contribution in [0.5, 0.6) is 5.75 Å². The molecule has 3 heteroatoms. The maximum absolute atomic E-state index is 10.3. The Morgan fingerprint density at radius 2 is 1.80 bits per heavy atom. The zero-order valence-corrected chi connectivity index (χ0v) is 15.0. The van der Waals surface area contributed by atoms with Gasteiger partial charge in [0.15, 0.2) is 0 Å². The van der Waals surface area contributed by atoms with Crippen molar-refractivity contribution >= 4 is 15.9 Å². The SMILES string of the molecule is CCC(CC)N(Cc1cc(Br)cc(C)c1O)CC(C)C. The van der Waals surface area contributed by atoms with Gasteiger partial charge in [0.2, 0.25) is 0 Å². The van der Waals surface area contributed by atoms with Crippen molar-refractivity contribution in [1.29, 1.82) is 0 Å². The molecule has 0 fully saturated rings. The first kappa shape index (κ1) is 17.5. The summed E-state index contributed by atoms with van der Waals surface area (Å²) in [7, 11) is 0. The first-order valence-electron chi connectivity index (χ1n) is 7.61. The fraction of sp³-hybridized carbons (Fsp3) is 0.647. The lowest BCUT2D eigenvalue weighted by atomic mass is 10.0. The lowest BCUT2D eigenvalue weighted by Crippen LogP contribution is -2.36. The second-order valence-electron chi connectivity index (χ2n) is 6.02. The number of hydrogen-bond acceptors (Lipinski definition) is 2. The second-order valence-corrected chi connectivity index (χ2v) is 6.94. The maximum atomic E-state index is 10.3. The van der Waals surface area contributed by atoms with E-state index in [0.717, 1.165) is 41.5 Å². The van der Waals surface area contributed by atoms with Crippen molar-refractivity contribution in [1.82, 2.24) is 4.90 Å². The maximum Gasteiger partial charge on any atom is 0.123 e. The Hall–Kier alpha value is -0.540. The van der Waals surface area contributed by atoms with Gasteiger partial charge in [-0.15, -0.1) is 0 Å². The number of benzene rings is 1. The van der Waals surface area contributed by atoms with Crippen LogP contribution >= 0.6 is 15.9 Å². The van der Waals surface area contributed by atoms with E-state index in [1.807, 2.05) is 19.1 Å². The van der Waals surface area contributed by atoms with Crippen LogP contribution < -0.4 is 0 Å². The smallest absolute Gasteiger partial charge is 0.123 e. The van der Waals surface area contributed by atoms with Crippen molar-refractivity contribution in [3.8, 4) is 5.75 Å². The van der Waals surface area contributed by atoms with Gasteiger partial charge in [-0.3, -0.25) is 4.90 Å². The number of phenols is 1. The van der Waals surface area contributed by atoms with E-state index in [4.69, 9.17) is 0 Å². The van der Waals surface area contributed by atoms with Gasteiger partial charge in [-0.1, -0.05) is 43.6 Å². The molecule has 0 aromatic heterocycles. The Balaban J connectivity index is 3.00. The molecule has 0 saturated heterocycles. The molecule has 2 nitrogen and oxygen atoms in total. The van der Waals surface area contributed by atoms with Gasteiger partial charge in [0.05, 0.1) is 0 Å². The number of halogens is 1. The van der Waals surface area contributed by atoms with Gasteiger partial charge in [-0.05, 0) is 43.4 Å². The van der Waals surface area contributed by atoms with E-state index in [1.165, 1.54) is 0 Å². The zero-order valence-electron chi connectivity index (χ0n) is 13.4. The molecule has 0 bridgehead atoms. The van der Waals surface area contributed by atoms with Crippen LogP contribution in [0.25, 0.3) is 0 Å². The van der Waals surface area contributed by atoms with E-state index >= 15 is 0 Å². The van der Waals surface area contributed by atoms with E-state index in [1.54, 1.807) is 0 Å². The average molecular weight is 342 g/mol. The molecule has 20 heavy (non-hydrogen) atoms. The van der Waals surface area contributed by atoms with Crippen LogP contribution in [0.2, 0.25) is 0 Å². The topological polar surface area (TPSA) is 23.5 Å². The van der Waals surface area contributed by atoms with Gasteiger partial charge >= 0.3 is 0 Å². The summed E-state index contributed by atoms with van der Waals surface area (Å²) in [6, 6.07) is 4.58. The summed E-state index contributed by atoms with van der Waals surface area (Å²) in [5, 5.41) is 10.3. The van der Waals surface area contributed by atoms with Crippen molar-refractivity contribution in [2.24, 2.45) is 5.92 Å². The molecular formula is C17H28BrNO. The first-order chi connectivity index (χ1) is 9.38. The monoisotopic (exact) mass is 341 g/mol. The average Bonchev–Trinajstić information content (AvgIpc) is 2.36. The van der Waals surface area contributed by atoms with Gasteiger partial charge in [0.25, 0.3) is 0 Å². The number of nitrogens with zero attached hydrogens (tertiary/aromatic N) is 1. The molecule has 0 atom stereocenters. The lowest BCUT2D eigenvalue weighted by Gasteiger charge is -2.32. The Bertz CT molecular complexity index is 427. The minimum atomic E-state index is 0.438. The molecule has 0 heterocycles. The molecule has 1 N–H and O–H groups in total. The van der Waals surface area contributed by atoms with Crippen molar-refractivity contribution in [2.75, 3.05) is 6.54 Å². The number of aromatic hydroxyl groups is 1. The Morgan fingerprint density at radius 3 is 2.30 bits per heavy atom. The van der Waals surface area contributed by atoms with Crippen LogP contribution in [0.1, 0.15) is 51.7 Å². The number of hydrogen-bond donors (Lipinski definition) is 1. The molecule has 0 amide bonds. The van der Waals surface area contributed by atoms with E-state index in [2.05, 4.69) is 48.5 Å². The molecule has 0 saturated carbocycles. The van der Waals surface area contributed by atoms with Crippen LogP contribution in [-0.2, 0) is 6.54 Å². The highest BCUT2D eigenvalue weighted by atomic mass is 79.9. The van der Waals surface area contributed by atoms with Crippen molar-refractivity contribution < 1.29 is 5.11 Å². The second kappa shape index (κ2) is 8.04. The van der Waals surface area contributed by atoms with Gasteiger partial charge in [-0.25, -0.2) is 0 Å². The highest BCUT2D eigenvalue weighted by Crippen LogP contribution is 2.29. The highest BCUT2D eigenvalue weighted by molar-refractivity contribution is 9.10. The Morgan fingerprint density at radius 1 is 1.20 bits per heavy atom. The quantitative estimate of drug-likeness (QED) is 0.744. The minimum absolute atomic E-state index is 0.438. The number of phenolic OH excluding ortho intramolecular Hbond substituents is 1. The summed E-state index contributed by atoms with van der Waals surface area (Å²) in [4.78, 5) is 2.51. The van der Waals surface area contributed by atoms with Gasteiger partial charge in [-0.2, -0.15) is 0 Å². The molecule has 0 aliphatic rings. The van der Waals surface area contributed by atoms with Crippen LogP contribution in [0.4, 0.5) is 0 Å². The van der Waals surface area contributed by atoms with Crippen LogP contribution in [0.15, 0.2) is 16.6 Å². The van der Waals surface area contributed by atoms with E-state index in [9.17, 15) is 5.11 Å². The molecule has 1 rings (SSSR count). The van der Waals surface area contributed by atoms with E-state index in [-0.39, 0.29) is 0 Å². The Kier molecular flexibility index (Phi) is 7.04. The van der Waals surface area contributed by atoms with Gasteiger partial charge < -0.3 is 5.11 Å². The molecule has 1 aromatic carbocycles. The summed E-state index contributed by atoms with van der Waals surface area (Å²) < 4.78 is 1.04. The van der Waals surface area contributed by atoms with Gasteiger partial charge in [0.1, 0.15) is 5.75 Å². The first-order valence-corrected chi connectivity index (χ1v) is 8.40. The Labute approximate surface area is 132 Å². The fourth-order valence-corrected chi connectivity index (χ4v) is 3.38. The molecule has 114 valence electrons. The van der Waals surface area contributed by atoms with Crippen LogP contribution in [0, 0.1) is 12.8 Å². The fourth-order valence-electron chi connectivity index (χ4n) is 2.76. The zero-order chi connectivity index (χ0) is 15.3. The lowest BCUT2D eigenvalue weighted by molar-refractivity contribution is 0.156. The predicted octanol–water partition coefficient (Wildman–Crippen LogP) is 5.11. The largest absolute Gasteiger partial charge is 0.507 e. The molecule has 0 aliphatic carbocycles. The summed E-state index contributed by atoms with van der Waals surface area (Å²) in [6.07, 6.45) is 2.30. The third-order valence-electron chi connectivity index (χ3n) is 3.78. The number of rotatable bonds is 7. The number of aryl methyl sites for hydroxylation is 1. The minimum Gasteiger partial charge on any atom is -0.507 e. The molecule has 0 aliphatic heterocycles. The normalized spacial score (nSPS) is 11.8. The summed E-state index contributed by atoms with van der Waals surface area (Å²) in [5.41, 5.74) is 1.95. The van der Waals surface area contributed by atoms with Crippen molar-refractivity contribution in [2.45, 2.75) is 60.0 Å². The van der Waals surface area contributed by atoms with E-state index in [0.29, 0.717) is 17.7 Å². The van der Waals surface area contributed by atoms with Crippen molar-refractivity contribution in [3.05, 3.63) is 27.7 Å². The van der Waals surface area contributed by atoms with Gasteiger partial charge in [0, 0.05) is 29.2 Å². The predicted molar refractivity (Wildman–Crippen MR) is 90.2 cm³/mol. The molecule has 0 spiro atoms.